The molecule has 0 spiro atoms. The molecule has 0 bridgehead atoms. The highest BCUT2D eigenvalue weighted by Gasteiger charge is 2.43. The molecule has 3 aromatic rings. The molecule has 0 saturated carbocycles. The molecule has 0 radical (unpaired) electrons. The average molecular weight is 472 g/mol. The maximum Gasteiger partial charge on any atom is 0.111 e. The third kappa shape index (κ3) is 6.51. The second-order valence-corrected chi connectivity index (χ2v) is 10.6. The lowest BCUT2D eigenvalue weighted by atomic mass is 10.4. The Bertz CT molecular complexity index is 671. The van der Waals surface area contributed by atoms with Gasteiger partial charge >= 0.3 is 0 Å². The largest absolute Gasteiger partial charge is 1.00 e. The first kappa shape index (κ1) is 25.6. The van der Waals surface area contributed by atoms with Crippen molar-refractivity contribution in [2.45, 2.75) is 27.7 Å². The van der Waals surface area contributed by atoms with Crippen LogP contribution in [0.2, 0.25) is 0 Å². The van der Waals surface area contributed by atoms with Gasteiger partial charge in [-0.25, -0.2) is 0 Å². The van der Waals surface area contributed by atoms with Gasteiger partial charge in [-0.1, -0.05) is 75.4 Å². The Morgan fingerprint density at radius 2 is 0.793 bits per heavy atom. The van der Waals surface area contributed by atoms with Crippen LogP contribution < -0.4 is 32.9 Å². The first-order valence-corrected chi connectivity index (χ1v) is 12.5. The van der Waals surface area contributed by atoms with Crippen LogP contribution in [0.15, 0.2) is 91.0 Å². The SMILES string of the molecule is CCN(CC)CC.CC[P+](c1ccccc1)(c1ccccc1)c1ccccc1.[Br-]. The van der Waals surface area contributed by atoms with Crippen molar-refractivity contribution in [3.8, 4) is 0 Å². The lowest BCUT2D eigenvalue weighted by Gasteiger charge is -2.26. The predicted molar refractivity (Wildman–Crippen MR) is 129 cm³/mol. The van der Waals surface area contributed by atoms with Crippen molar-refractivity contribution < 1.29 is 17.0 Å². The maximum absolute atomic E-state index is 2.38. The summed E-state index contributed by atoms with van der Waals surface area (Å²) in [5.41, 5.74) is 0. The molecule has 0 aromatic heterocycles. The number of rotatable bonds is 7. The third-order valence-electron chi connectivity index (χ3n) is 5.41. The highest BCUT2D eigenvalue weighted by atomic mass is 79.9. The van der Waals surface area contributed by atoms with Gasteiger partial charge in [0.1, 0.15) is 23.2 Å². The molecular formula is C26H35BrNP. The van der Waals surface area contributed by atoms with Crippen LogP contribution in [-0.4, -0.2) is 30.7 Å². The zero-order chi connectivity index (χ0) is 20.2. The zero-order valence-corrected chi connectivity index (χ0v) is 20.7. The van der Waals surface area contributed by atoms with Crippen LogP contribution in [0.1, 0.15) is 27.7 Å². The van der Waals surface area contributed by atoms with Crippen molar-refractivity contribution in [3.63, 3.8) is 0 Å². The number of halogens is 1. The van der Waals surface area contributed by atoms with Crippen LogP contribution in [-0.2, 0) is 0 Å². The highest BCUT2D eigenvalue weighted by Crippen LogP contribution is 2.54. The summed E-state index contributed by atoms with van der Waals surface area (Å²) in [6.45, 7) is 12.4. The average Bonchev–Trinajstić information content (AvgIpc) is 2.79. The molecule has 3 aromatic carbocycles. The number of hydrogen-bond acceptors (Lipinski definition) is 1. The van der Waals surface area contributed by atoms with E-state index in [9.17, 15) is 0 Å². The van der Waals surface area contributed by atoms with E-state index < -0.39 is 7.26 Å². The Morgan fingerprint density at radius 1 is 0.517 bits per heavy atom. The molecule has 0 unspecified atom stereocenters. The van der Waals surface area contributed by atoms with Gasteiger partial charge < -0.3 is 21.9 Å². The van der Waals surface area contributed by atoms with E-state index in [2.05, 4.69) is 124 Å². The van der Waals surface area contributed by atoms with Crippen LogP contribution in [0.25, 0.3) is 0 Å². The van der Waals surface area contributed by atoms with Gasteiger partial charge in [-0.3, -0.25) is 0 Å². The van der Waals surface area contributed by atoms with E-state index in [-0.39, 0.29) is 17.0 Å². The minimum atomic E-state index is -1.53. The van der Waals surface area contributed by atoms with Crippen LogP contribution in [0.5, 0.6) is 0 Å². The molecule has 0 N–H and O–H groups in total. The van der Waals surface area contributed by atoms with E-state index in [1.54, 1.807) is 0 Å². The van der Waals surface area contributed by atoms with Crippen LogP contribution in [0, 0.1) is 0 Å². The topological polar surface area (TPSA) is 3.24 Å². The third-order valence-corrected chi connectivity index (χ3v) is 9.89. The van der Waals surface area contributed by atoms with E-state index in [1.807, 2.05) is 0 Å². The zero-order valence-electron chi connectivity index (χ0n) is 18.3. The summed E-state index contributed by atoms with van der Waals surface area (Å²) < 4.78 is 0. The van der Waals surface area contributed by atoms with Gasteiger partial charge in [-0.05, 0) is 63.0 Å². The van der Waals surface area contributed by atoms with E-state index in [0.29, 0.717) is 0 Å². The van der Waals surface area contributed by atoms with Crippen LogP contribution in [0.3, 0.4) is 0 Å². The first-order chi connectivity index (χ1) is 13.7. The standard InChI is InChI=1S/C20H20P.C6H15N.BrH/c1-2-21(18-12-6-3-7-13-18,19-14-8-4-9-15-19)20-16-10-5-11-17-20;1-4-7(5-2)6-3;/h3-17H,2H2,1H3;4-6H2,1-3H3;1H/q+1;;/p-1. The van der Waals surface area contributed by atoms with Crippen molar-refractivity contribution >= 4 is 23.2 Å². The van der Waals surface area contributed by atoms with Gasteiger partial charge in [0.2, 0.25) is 0 Å². The molecule has 0 aliphatic carbocycles. The minimum absolute atomic E-state index is 0. The molecule has 1 nitrogen and oxygen atoms in total. The van der Waals surface area contributed by atoms with Crippen LogP contribution in [0.4, 0.5) is 0 Å². The van der Waals surface area contributed by atoms with Crippen molar-refractivity contribution in [3.05, 3.63) is 91.0 Å². The number of benzene rings is 3. The first-order valence-electron chi connectivity index (χ1n) is 10.5. The van der Waals surface area contributed by atoms with Gasteiger partial charge in [-0.15, -0.1) is 0 Å². The van der Waals surface area contributed by atoms with Gasteiger partial charge in [0.15, 0.2) is 0 Å². The molecule has 0 aliphatic heterocycles. The summed E-state index contributed by atoms with van der Waals surface area (Å²) in [5, 5.41) is 4.39. The molecule has 0 heterocycles. The molecular weight excluding hydrogens is 437 g/mol. The molecule has 3 heteroatoms. The second kappa shape index (κ2) is 13.7. The van der Waals surface area contributed by atoms with Crippen molar-refractivity contribution in [1.29, 1.82) is 0 Å². The Kier molecular flexibility index (Phi) is 12.1. The Hall–Kier alpha value is -1.47. The quantitative estimate of drug-likeness (QED) is 0.478. The Morgan fingerprint density at radius 3 is 0.966 bits per heavy atom. The second-order valence-electron chi connectivity index (χ2n) is 6.75. The molecule has 0 saturated heterocycles. The molecule has 0 atom stereocenters. The fourth-order valence-corrected chi connectivity index (χ4v) is 7.75. The Balaban J connectivity index is 0.000000456. The summed E-state index contributed by atoms with van der Waals surface area (Å²) in [6, 6.07) is 33.0. The lowest BCUT2D eigenvalue weighted by molar-refractivity contribution is -0.00000583. The molecule has 0 aliphatic rings. The van der Waals surface area contributed by atoms with E-state index in [4.69, 9.17) is 0 Å². The number of hydrogen-bond donors (Lipinski definition) is 0. The fourth-order valence-electron chi connectivity index (χ4n) is 3.71. The summed E-state index contributed by atoms with van der Waals surface area (Å²) in [4.78, 5) is 2.38. The Labute approximate surface area is 189 Å². The smallest absolute Gasteiger partial charge is 0.111 e. The summed E-state index contributed by atoms with van der Waals surface area (Å²) in [5.74, 6) is 0. The van der Waals surface area contributed by atoms with Crippen molar-refractivity contribution in [2.75, 3.05) is 25.8 Å². The maximum atomic E-state index is 2.38. The van der Waals surface area contributed by atoms with E-state index in [0.717, 1.165) is 6.16 Å². The molecule has 156 valence electrons. The van der Waals surface area contributed by atoms with Crippen molar-refractivity contribution in [1.82, 2.24) is 4.90 Å². The van der Waals surface area contributed by atoms with E-state index in [1.165, 1.54) is 35.5 Å². The van der Waals surface area contributed by atoms with Gasteiger partial charge in [0, 0.05) is 0 Å². The van der Waals surface area contributed by atoms with Gasteiger partial charge in [0.25, 0.3) is 0 Å². The minimum Gasteiger partial charge on any atom is -1.00 e. The highest BCUT2D eigenvalue weighted by molar-refractivity contribution is 7.95. The molecule has 0 amide bonds. The van der Waals surface area contributed by atoms with Crippen LogP contribution >= 0.6 is 7.26 Å². The summed E-state index contributed by atoms with van der Waals surface area (Å²) in [6.07, 6.45) is 1.14. The summed E-state index contributed by atoms with van der Waals surface area (Å²) >= 11 is 0. The molecule has 0 fully saturated rings. The molecule has 29 heavy (non-hydrogen) atoms. The molecule has 3 rings (SSSR count). The summed E-state index contributed by atoms with van der Waals surface area (Å²) in [7, 11) is -1.53. The predicted octanol–water partition coefficient (Wildman–Crippen LogP) is 2.35. The van der Waals surface area contributed by atoms with Crippen molar-refractivity contribution in [2.24, 2.45) is 0 Å². The normalized spacial score (nSPS) is 10.7. The lowest BCUT2D eigenvalue weighted by Crippen LogP contribution is -3.00. The van der Waals surface area contributed by atoms with Gasteiger partial charge in [0.05, 0.1) is 6.16 Å². The van der Waals surface area contributed by atoms with Gasteiger partial charge in [-0.2, -0.15) is 0 Å². The monoisotopic (exact) mass is 471 g/mol. The van der Waals surface area contributed by atoms with E-state index >= 15 is 0 Å². The fraction of sp³-hybridized carbons (Fsp3) is 0.308. The number of nitrogens with zero attached hydrogens (tertiary/aromatic N) is 1.